The normalized spacial score (nSPS) is 18.6. The van der Waals surface area contributed by atoms with E-state index >= 15 is 0 Å². The van der Waals surface area contributed by atoms with Gasteiger partial charge < -0.3 is 9.64 Å². The number of hydrazine groups is 1. The average molecular weight is 408 g/mol. The van der Waals surface area contributed by atoms with Gasteiger partial charge in [-0.15, -0.1) is 0 Å². The van der Waals surface area contributed by atoms with Gasteiger partial charge in [-0.3, -0.25) is 10.2 Å². The Morgan fingerprint density at radius 1 is 1.10 bits per heavy atom. The number of carbonyl (C=O) groups is 2. The lowest BCUT2D eigenvalue weighted by molar-refractivity contribution is -0.125. The topological polar surface area (TPSA) is 61.9 Å². The van der Waals surface area contributed by atoms with E-state index in [4.69, 9.17) is 4.74 Å². The van der Waals surface area contributed by atoms with Crippen molar-refractivity contribution in [3.8, 4) is 5.75 Å². The van der Waals surface area contributed by atoms with Gasteiger partial charge in [0.2, 0.25) is 5.91 Å². The first kappa shape index (κ1) is 20.3. The lowest BCUT2D eigenvalue weighted by Gasteiger charge is -2.24. The number of amides is 3. The maximum Gasteiger partial charge on any atom is 0.339 e. The van der Waals surface area contributed by atoms with Crippen LogP contribution in [0.15, 0.2) is 42.5 Å². The highest BCUT2D eigenvalue weighted by molar-refractivity contribution is 5.85. The molecular formula is C24H29N3O3. The van der Waals surface area contributed by atoms with Gasteiger partial charge in [-0.05, 0) is 67.5 Å². The number of benzene rings is 2. The van der Waals surface area contributed by atoms with Gasteiger partial charge in [0.15, 0.2) is 0 Å². The van der Waals surface area contributed by atoms with Crippen molar-refractivity contribution in [1.29, 1.82) is 0 Å². The van der Waals surface area contributed by atoms with E-state index in [1.807, 2.05) is 29.2 Å². The van der Waals surface area contributed by atoms with E-state index in [0.717, 1.165) is 36.1 Å². The molecule has 158 valence electrons. The highest BCUT2D eigenvalue weighted by Gasteiger charge is 2.40. The molecule has 0 spiro atoms. The summed E-state index contributed by atoms with van der Waals surface area (Å²) >= 11 is 0. The van der Waals surface area contributed by atoms with E-state index in [0.29, 0.717) is 13.1 Å². The number of urea groups is 1. The molecule has 6 nitrogen and oxygen atoms in total. The van der Waals surface area contributed by atoms with Crippen molar-refractivity contribution in [3.05, 3.63) is 64.7 Å². The molecule has 1 N–H and O–H groups in total. The van der Waals surface area contributed by atoms with Gasteiger partial charge in [-0.25, -0.2) is 9.80 Å². The van der Waals surface area contributed by atoms with E-state index in [9.17, 15) is 9.59 Å². The summed E-state index contributed by atoms with van der Waals surface area (Å²) in [5.74, 6) is 0.836. The molecule has 1 heterocycles. The third-order valence-corrected chi connectivity index (χ3v) is 6.12. The molecule has 0 aromatic heterocycles. The number of nitrogens with zero attached hydrogens (tertiary/aromatic N) is 2. The van der Waals surface area contributed by atoms with Crippen molar-refractivity contribution in [2.75, 3.05) is 20.2 Å². The zero-order valence-corrected chi connectivity index (χ0v) is 17.9. The van der Waals surface area contributed by atoms with Crippen LogP contribution in [0, 0.1) is 19.8 Å². The summed E-state index contributed by atoms with van der Waals surface area (Å²) in [5.41, 5.74) is 7.52. The fourth-order valence-electron chi connectivity index (χ4n) is 3.85. The van der Waals surface area contributed by atoms with Crippen LogP contribution >= 0.6 is 0 Å². The van der Waals surface area contributed by atoms with E-state index < -0.39 is 0 Å². The van der Waals surface area contributed by atoms with Gasteiger partial charge in [0.05, 0.1) is 19.7 Å². The highest BCUT2D eigenvalue weighted by Crippen LogP contribution is 2.32. The number of hydrogen-bond donors (Lipinski definition) is 1. The molecular weight excluding hydrogens is 378 g/mol. The van der Waals surface area contributed by atoms with Crippen LogP contribution in [-0.2, 0) is 11.2 Å². The van der Waals surface area contributed by atoms with Gasteiger partial charge in [0, 0.05) is 12.5 Å². The summed E-state index contributed by atoms with van der Waals surface area (Å²) in [6.45, 7) is 5.22. The number of aryl methyl sites for hydroxylation is 2. The van der Waals surface area contributed by atoms with E-state index in [1.165, 1.54) is 16.1 Å². The molecule has 3 amide bonds. The zero-order chi connectivity index (χ0) is 21.3. The van der Waals surface area contributed by atoms with Crippen LogP contribution in [0.25, 0.3) is 0 Å². The molecule has 0 bridgehead atoms. The Hall–Kier alpha value is -3.02. The lowest BCUT2D eigenvalue weighted by atomic mass is 10.0. The van der Waals surface area contributed by atoms with E-state index in [1.54, 1.807) is 7.11 Å². The lowest BCUT2D eigenvalue weighted by Crippen LogP contribution is -2.45. The van der Waals surface area contributed by atoms with Crippen LogP contribution in [-0.4, -0.2) is 42.0 Å². The monoisotopic (exact) mass is 407 g/mol. The fraction of sp³-hybridized carbons (Fsp3) is 0.417. The minimum atomic E-state index is -0.138. The Morgan fingerprint density at radius 2 is 1.83 bits per heavy atom. The van der Waals surface area contributed by atoms with Crippen molar-refractivity contribution < 1.29 is 14.3 Å². The second kappa shape index (κ2) is 8.38. The average Bonchev–Trinajstić information content (AvgIpc) is 3.55. The number of rotatable bonds is 7. The van der Waals surface area contributed by atoms with E-state index in [2.05, 4.69) is 37.5 Å². The third kappa shape index (κ3) is 4.27. The van der Waals surface area contributed by atoms with Gasteiger partial charge >= 0.3 is 6.03 Å². The van der Waals surface area contributed by atoms with Crippen molar-refractivity contribution in [3.63, 3.8) is 0 Å². The minimum absolute atomic E-state index is 0.0424. The van der Waals surface area contributed by atoms with Crippen molar-refractivity contribution >= 4 is 11.9 Å². The molecule has 2 aromatic rings. The molecule has 2 aromatic carbocycles. The number of nitrogens with one attached hydrogen (secondary N) is 1. The Bertz CT molecular complexity index is 937. The predicted molar refractivity (Wildman–Crippen MR) is 115 cm³/mol. The maximum atomic E-state index is 13.2. The summed E-state index contributed by atoms with van der Waals surface area (Å²) in [6, 6.07) is 14.0. The highest BCUT2D eigenvalue weighted by atomic mass is 16.5. The Kier molecular flexibility index (Phi) is 5.66. The molecule has 4 rings (SSSR count). The Labute approximate surface area is 177 Å². The SMILES string of the molecule is COc1ccc(CCN2C(=O)N(NC(=O)C3CC3)CC2c2ccc(C)c(C)c2)cc1. The Balaban J connectivity index is 1.53. The van der Waals surface area contributed by atoms with Gasteiger partial charge in [-0.1, -0.05) is 30.3 Å². The smallest absolute Gasteiger partial charge is 0.339 e. The first-order valence-corrected chi connectivity index (χ1v) is 10.5. The summed E-state index contributed by atoms with van der Waals surface area (Å²) < 4.78 is 5.22. The molecule has 30 heavy (non-hydrogen) atoms. The molecule has 6 heteroatoms. The Morgan fingerprint density at radius 3 is 2.47 bits per heavy atom. The maximum absolute atomic E-state index is 13.2. The molecule has 1 unspecified atom stereocenters. The van der Waals surface area contributed by atoms with Crippen LogP contribution in [0.4, 0.5) is 4.79 Å². The van der Waals surface area contributed by atoms with Crippen LogP contribution in [0.2, 0.25) is 0 Å². The first-order chi connectivity index (χ1) is 14.5. The second-order valence-electron chi connectivity index (χ2n) is 8.29. The molecule has 0 radical (unpaired) electrons. The summed E-state index contributed by atoms with van der Waals surface area (Å²) in [5, 5.41) is 1.49. The van der Waals surface area contributed by atoms with E-state index in [-0.39, 0.29) is 23.9 Å². The predicted octanol–water partition coefficient (Wildman–Crippen LogP) is 3.77. The standard InChI is InChI=1S/C24H29N3O3/c1-16-4-7-20(14-17(16)2)22-15-27(25-23(28)19-8-9-19)24(29)26(22)13-12-18-5-10-21(30-3)11-6-18/h4-7,10-11,14,19,22H,8-9,12-13,15H2,1-3H3,(H,25,28). The number of hydrogen-bond acceptors (Lipinski definition) is 3. The zero-order valence-electron chi connectivity index (χ0n) is 17.9. The molecule has 1 atom stereocenters. The summed E-state index contributed by atoms with van der Waals surface area (Å²) in [6.07, 6.45) is 2.56. The number of methoxy groups -OCH3 is 1. The van der Waals surface area contributed by atoms with Gasteiger partial charge in [0.1, 0.15) is 5.75 Å². The first-order valence-electron chi connectivity index (χ1n) is 10.5. The molecule has 2 aliphatic rings. The molecule has 1 saturated heterocycles. The van der Waals surface area contributed by atoms with Crippen molar-refractivity contribution in [2.24, 2.45) is 5.92 Å². The van der Waals surface area contributed by atoms with Crippen LogP contribution < -0.4 is 10.2 Å². The number of ether oxygens (including phenoxy) is 1. The van der Waals surface area contributed by atoms with Gasteiger partial charge in [-0.2, -0.15) is 0 Å². The summed E-state index contributed by atoms with van der Waals surface area (Å²) in [7, 11) is 1.65. The molecule has 1 aliphatic heterocycles. The van der Waals surface area contributed by atoms with Gasteiger partial charge in [0.25, 0.3) is 0 Å². The largest absolute Gasteiger partial charge is 0.497 e. The molecule has 1 aliphatic carbocycles. The minimum Gasteiger partial charge on any atom is -0.497 e. The second-order valence-corrected chi connectivity index (χ2v) is 8.29. The van der Waals surface area contributed by atoms with Crippen LogP contribution in [0.5, 0.6) is 5.75 Å². The van der Waals surface area contributed by atoms with Crippen molar-refractivity contribution in [2.45, 2.75) is 39.2 Å². The van der Waals surface area contributed by atoms with Crippen LogP contribution in [0.3, 0.4) is 0 Å². The molecule has 1 saturated carbocycles. The van der Waals surface area contributed by atoms with Crippen LogP contribution in [0.1, 0.15) is 41.1 Å². The molecule has 2 fully saturated rings. The number of carbonyl (C=O) groups excluding carboxylic acids is 2. The fourth-order valence-corrected chi connectivity index (χ4v) is 3.85. The van der Waals surface area contributed by atoms with Crippen molar-refractivity contribution in [1.82, 2.24) is 15.3 Å². The summed E-state index contributed by atoms with van der Waals surface area (Å²) in [4.78, 5) is 27.3. The third-order valence-electron chi connectivity index (χ3n) is 6.12. The quantitative estimate of drug-likeness (QED) is 0.760.